The van der Waals surface area contributed by atoms with E-state index in [0.717, 1.165) is 10.9 Å². The van der Waals surface area contributed by atoms with Gasteiger partial charge in [-0.25, -0.2) is 13.2 Å². The van der Waals surface area contributed by atoms with Gasteiger partial charge in [-0.1, -0.05) is 12.1 Å². The summed E-state index contributed by atoms with van der Waals surface area (Å²) in [7, 11) is -2.37. The molecule has 0 aliphatic heterocycles. The molecule has 0 aliphatic carbocycles. The largest absolute Gasteiger partial charge is 0.497 e. The lowest BCUT2D eigenvalue weighted by atomic mass is 10.2. The zero-order chi connectivity index (χ0) is 18.7. The van der Waals surface area contributed by atoms with Crippen molar-refractivity contribution in [3.05, 3.63) is 54.7 Å². The maximum atomic E-state index is 12.4. The average Bonchev–Trinajstić information content (AvgIpc) is 3.04. The lowest BCUT2D eigenvalue weighted by Crippen LogP contribution is -2.40. The molecule has 136 valence electrons. The smallest absolute Gasteiger partial charge is 0.329 e. The number of esters is 1. The Kier molecular flexibility index (Phi) is 4.97. The van der Waals surface area contributed by atoms with Gasteiger partial charge in [-0.2, -0.15) is 4.72 Å². The van der Waals surface area contributed by atoms with Crippen LogP contribution in [0.4, 0.5) is 0 Å². The number of sulfonamides is 1. The standard InChI is InChI=1S/C18H18N2O5S/c1-12(20-26(22,23)14-9-7-13(24-2)8-10-14)18(21)25-17-11-19-16-6-4-3-5-15(16)17/h3-12,19-20H,1-2H3/t12-/m0/s1. The van der Waals surface area contributed by atoms with Crippen molar-refractivity contribution in [2.45, 2.75) is 17.9 Å². The highest BCUT2D eigenvalue weighted by atomic mass is 32.2. The van der Waals surface area contributed by atoms with Gasteiger partial charge in [-0.15, -0.1) is 0 Å². The monoisotopic (exact) mass is 374 g/mol. The van der Waals surface area contributed by atoms with E-state index in [1.807, 2.05) is 18.2 Å². The molecule has 0 radical (unpaired) electrons. The number of carbonyl (C=O) groups excluding carboxylic acids is 1. The highest BCUT2D eigenvalue weighted by Gasteiger charge is 2.24. The van der Waals surface area contributed by atoms with Crippen molar-refractivity contribution in [1.82, 2.24) is 9.71 Å². The molecule has 7 nitrogen and oxygen atoms in total. The third-order valence-electron chi connectivity index (χ3n) is 3.82. The van der Waals surface area contributed by atoms with Gasteiger partial charge in [0, 0.05) is 17.1 Å². The van der Waals surface area contributed by atoms with Crippen molar-refractivity contribution < 1.29 is 22.7 Å². The molecular weight excluding hydrogens is 356 g/mol. The molecule has 3 aromatic rings. The number of carbonyl (C=O) groups is 1. The third kappa shape index (κ3) is 3.71. The van der Waals surface area contributed by atoms with E-state index in [0.29, 0.717) is 11.5 Å². The van der Waals surface area contributed by atoms with Gasteiger partial charge in [0.25, 0.3) is 0 Å². The van der Waals surface area contributed by atoms with Crippen LogP contribution < -0.4 is 14.2 Å². The SMILES string of the molecule is COc1ccc(S(=O)(=O)N[C@@H](C)C(=O)Oc2c[nH]c3ccccc23)cc1. The fourth-order valence-electron chi connectivity index (χ4n) is 2.43. The molecule has 1 aromatic heterocycles. The number of ether oxygens (including phenoxy) is 2. The Morgan fingerprint density at radius 3 is 2.50 bits per heavy atom. The second-order valence-corrected chi connectivity index (χ2v) is 7.35. The van der Waals surface area contributed by atoms with Crippen molar-refractivity contribution >= 4 is 26.9 Å². The molecular formula is C18H18N2O5S. The summed E-state index contributed by atoms with van der Waals surface area (Å²) < 4.78 is 37.4. The first-order valence-electron chi connectivity index (χ1n) is 7.85. The van der Waals surface area contributed by atoms with Gasteiger partial charge in [0.05, 0.1) is 12.0 Å². The number of aromatic amines is 1. The molecule has 0 amide bonds. The second-order valence-electron chi connectivity index (χ2n) is 5.64. The van der Waals surface area contributed by atoms with Crippen molar-refractivity contribution in [3.63, 3.8) is 0 Å². The number of nitrogens with one attached hydrogen (secondary N) is 2. The molecule has 2 N–H and O–H groups in total. The van der Waals surface area contributed by atoms with Gasteiger partial charge in [0.2, 0.25) is 10.0 Å². The van der Waals surface area contributed by atoms with Gasteiger partial charge in [-0.05, 0) is 43.3 Å². The molecule has 0 saturated heterocycles. The zero-order valence-electron chi connectivity index (χ0n) is 14.2. The number of H-pyrrole nitrogens is 1. The van der Waals surface area contributed by atoms with Crippen molar-refractivity contribution in [1.29, 1.82) is 0 Å². The molecule has 3 rings (SSSR count). The fraction of sp³-hybridized carbons (Fsp3) is 0.167. The lowest BCUT2D eigenvalue weighted by Gasteiger charge is -2.13. The van der Waals surface area contributed by atoms with E-state index in [2.05, 4.69) is 9.71 Å². The van der Waals surface area contributed by atoms with Crippen molar-refractivity contribution in [2.24, 2.45) is 0 Å². The number of rotatable bonds is 6. The topological polar surface area (TPSA) is 97.5 Å². The van der Waals surface area contributed by atoms with Crippen LogP contribution in [-0.2, 0) is 14.8 Å². The van der Waals surface area contributed by atoms with Crippen LogP contribution in [0.1, 0.15) is 6.92 Å². The molecule has 1 atom stereocenters. The maximum Gasteiger partial charge on any atom is 0.329 e. The first kappa shape index (κ1) is 18.0. The van der Waals surface area contributed by atoms with Gasteiger partial charge < -0.3 is 14.5 Å². The van der Waals surface area contributed by atoms with E-state index >= 15 is 0 Å². The van der Waals surface area contributed by atoms with E-state index in [-0.39, 0.29) is 4.90 Å². The normalized spacial score (nSPS) is 12.7. The molecule has 0 unspecified atom stereocenters. The van der Waals surface area contributed by atoms with Crippen LogP contribution >= 0.6 is 0 Å². The van der Waals surface area contributed by atoms with Crippen LogP contribution in [0, 0.1) is 0 Å². The average molecular weight is 374 g/mol. The summed E-state index contributed by atoms with van der Waals surface area (Å²) in [5.41, 5.74) is 0.821. The minimum Gasteiger partial charge on any atom is -0.497 e. The predicted molar refractivity (Wildman–Crippen MR) is 96.7 cm³/mol. The van der Waals surface area contributed by atoms with Crippen molar-refractivity contribution in [2.75, 3.05) is 7.11 Å². The number of hydrogen-bond donors (Lipinski definition) is 2. The Balaban J connectivity index is 1.71. The summed E-state index contributed by atoms with van der Waals surface area (Å²) in [5, 5.41) is 0.742. The molecule has 8 heteroatoms. The third-order valence-corrected chi connectivity index (χ3v) is 5.37. The van der Waals surface area contributed by atoms with Gasteiger partial charge in [0.15, 0.2) is 5.75 Å². The number of fused-ring (bicyclic) bond motifs is 1. The van der Waals surface area contributed by atoms with Crippen LogP contribution in [0.3, 0.4) is 0 Å². The van der Waals surface area contributed by atoms with E-state index in [1.54, 1.807) is 12.3 Å². The summed E-state index contributed by atoms with van der Waals surface area (Å²) in [6.45, 7) is 1.43. The maximum absolute atomic E-state index is 12.4. The van der Waals surface area contributed by atoms with E-state index in [4.69, 9.17) is 9.47 Å². The first-order valence-corrected chi connectivity index (χ1v) is 9.33. The quantitative estimate of drug-likeness (QED) is 0.646. The number of methoxy groups -OCH3 is 1. The molecule has 0 bridgehead atoms. The summed E-state index contributed by atoms with van der Waals surface area (Å²) >= 11 is 0. The van der Waals surface area contributed by atoms with Gasteiger partial charge in [0.1, 0.15) is 11.8 Å². The van der Waals surface area contributed by atoms with Crippen LogP contribution in [0.5, 0.6) is 11.5 Å². The lowest BCUT2D eigenvalue weighted by molar-refractivity contribution is -0.135. The van der Waals surface area contributed by atoms with Crippen molar-refractivity contribution in [3.8, 4) is 11.5 Å². The summed E-state index contributed by atoms with van der Waals surface area (Å²) in [6.07, 6.45) is 1.56. The zero-order valence-corrected chi connectivity index (χ0v) is 15.0. The van der Waals surface area contributed by atoms with E-state index < -0.39 is 22.0 Å². The van der Waals surface area contributed by atoms with Gasteiger partial charge >= 0.3 is 5.97 Å². The Morgan fingerprint density at radius 1 is 1.12 bits per heavy atom. The fourth-order valence-corrected chi connectivity index (χ4v) is 3.62. The Labute approximate surface area is 151 Å². The Morgan fingerprint density at radius 2 is 1.81 bits per heavy atom. The molecule has 1 heterocycles. The van der Waals surface area contributed by atoms with E-state index in [9.17, 15) is 13.2 Å². The number of benzene rings is 2. The number of para-hydroxylation sites is 1. The number of aromatic nitrogens is 1. The molecule has 0 saturated carbocycles. The van der Waals surface area contributed by atoms with Crippen LogP contribution in [0.25, 0.3) is 10.9 Å². The summed E-state index contributed by atoms with van der Waals surface area (Å²) in [4.78, 5) is 15.3. The highest BCUT2D eigenvalue weighted by Crippen LogP contribution is 2.25. The number of hydrogen-bond acceptors (Lipinski definition) is 5. The second kappa shape index (κ2) is 7.19. The first-order chi connectivity index (χ1) is 12.4. The molecule has 0 fully saturated rings. The molecule has 0 spiro atoms. The molecule has 26 heavy (non-hydrogen) atoms. The van der Waals surface area contributed by atoms with Crippen LogP contribution in [-0.4, -0.2) is 32.5 Å². The van der Waals surface area contributed by atoms with Crippen LogP contribution in [0.2, 0.25) is 0 Å². The Hall–Kier alpha value is -2.84. The predicted octanol–water partition coefficient (Wildman–Crippen LogP) is 2.45. The highest BCUT2D eigenvalue weighted by molar-refractivity contribution is 7.89. The minimum absolute atomic E-state index is 0.0324. The van der Waals surface area contributed by atoms with E-state index in [1.165, 1.54) is 38.3 Å². The summed E-state index contributed by atoms with van der Waals surface area (Å²) in [5.74, 6) is 0.184. The Bertz CT molecular complexity index is 1030. The van der Waals surface area contributed by atoms with Crippen LogP contribution in [0.15, 0.2) is 59.6 Å². The molecule has 2 aromatic carbocycles. The molecule has 0 aliphatic rings. The summed E-state index contributed by atoms with van der Waals surface area (Å²) in [6, 6.07) is 12.1. The van der Waals surface area contributed by atoms with Gasteiger partial charge in [-0.3, -0.25) is 0 Å². The minimum atomic E-state index is -3.87.